The zero-order valence-electron chi connectivity index (χ0n) is 8.33. The standard InChI is InChI=1S/C10H14N2O2/c1-7(13)8-3-5-9(6-4-8)12-10(14)11-2/h3-5,9H,6H2,1-2H3,(H2,11,12,14). The van der Waals surface area contributed by atoms with Crippen LogP contribution in [0.15, 0.2) is 23.8 Å². The normalized spacial score (nSPS) is 19.9. The molecule has 0 spiro atoms. The van der Waals surface area contributed by atoms with E-state index in [1.54, 1.807) is 13.1 Å². The minimum atomic E-state index is -0.209. The smallest absolute Gasteiger partial charge is 0.315 e. The van der Waals surface area contributed by atoms with E-state index < -0.39 is 0 Å². The molecule has 2 N–H and O–H groups in total. The summed E-state index contributed by atoms with van der Waals surface area (Å²) in [6.45, 7) is 1.53. The molecule has 0 aromatic rings. The van der Waals surface area contributed by atoms with Gasteiger partial charge in [-0.3, -0.25) is 4.79 Å². The van der Waals surface area contributed by atoms with Crippen LogP contribution in [0.5, 0.6) is 0 Å². The Labute approximate surface area is 83.1 Å². The Balaban J connectivity index is 2.48. The van der Waals surface area contributed by atoms with Crippen LogP contribution < -0.4 is 10.6 Å². The molecule has 0 heterocycles. The monoisotopic (exact) mass is 194 g/mol. The van der Waals surface area contributed by atoms with Gasteiger partial charge in [-0.05, 0) is 13.3 Å². The van der Waals surface area contributed by atoms with Gasteiger partial charge in [0.05, 0.1) is 6.04 Å². The SMILES string of the molecule is CNC(=O)NC1C=CC(C(C)=O)=CC1. The molecule has 0 radical (unpaired) electrons. The van der Waals surface area contributed by atoms with Crippen LogP contribution in [-0.2, 0) is 4.79 Å². The summed E-state index contributed by atoms with van der Waals surface area (Å²) in [6.07, 6.45) is 6.07. The van der Waals surface area contributed by atoms with Crippen LogP contribution in [0.4, 0.5) is 4.79 Å². The van der Waals surface area contributed by atoms with E-state index in [9.17, 15) is 9.59 Å². The molecule has 14 heavy (non-hydrogen) atoms. The van der Waals surface area contributed by atoms with Crippen molar-refractivity contribution in [2.24, 2.45) is 0 Å². The molecule has 1 atom stereocenters. The topological polar surface area (TPSA) is 58.2 Å². The van der Waals surface area contributed by atoms with Gasteiger partial charge in [-0.15, -0.1) is 0 Å². The van der Waals surface area contributed by atoms with Crippen molar-refractivity contribution in [2.75, 3.05) is 7.05 Å². The summed E-state index contributed by atoms with van der Waals surface area (Å²) in [5.41, 5.74) is 0.708. The number of nitrogens with one attached hydrogen (secondary N) is 2. The van der Waals surface area contributed by atoms with Crippen LogP contribution in [0.25, 0.3) is 0 Å². The molecule has 0 aromatic carbocycles. The Hall–Kier alpha value is -1.58. The van der Waals surface area contributed by atoms with Gasteiger partial charge in [0.1, 0.15) is 0 Å². The highest BCUT2D eigenvalue weighted by Gasteiger charge is 2.11. The van der Waals surface area contributed by atoms with Crippen molar-refractivity contribution in [1.29, 1.82) is 0 Å². The minimum absolute atomic E-state index is 0.0157. The quantitative estimate of drug-likeness (QED) is 0.681. The zero-order chi connectivity index (χ0) is 10.6. The maximum Gasteiger partial charge on any atom is 0.315 e. The molecule has 1 rings (SSSR count). The number of carbonyl (C=O) groups is 2. The van der Waals surface area contributed by atoms with E-state index >= 15 is 0 Å². The first kappa shape index (κ1) is 10.5. The molecular formula is C10H14N2O2. The van der Waals surface area contributed by atoms with Crippen LogP contribution in [0.2, 0.25) is 0 Å². The van der Waals surface area contributed by atoms with Crippen molar-refractivity contribution in [3.8, 4) is 0 Å². The fourth-order valence-electron chi connectivity index (χ4n) is 1.23. The highest BCUT2D eigenvalue weighted by Crippen LogP contribution is 2.10. The van der Waals surface area contributed by atoms with Gasteiger partial charge in [-0.2, -0.15) is 0 Å². The number of ketones is 1. The zero-order valence-corrected chi connectivity index (χ0v) is 8.33. The lowest BCUT2D eigenvalue weighted by molar-refractivity contribution is -0.113. The number of allylic oxidation sites excluding steroid dienone is 2. The average Bonchev–Trinajstić information content (AvgIpc) is 2.18. The van der Waals surface area contributed by atoms with Crippen molar-refractivity contribution in [3.63, 3.8) is 0 Å². The molecule has 1 unspecified atom stereocenters. The third-order valence-electron chi connectivity index (χ3n) is 2.05. The van der Waals surface area contributed by atoms with Crippen molar-refractivity contribution < 1.29 is 9.59 Å². The number of hydrogen-bond donors (Lipinski definition) is 2. The van der Waals surface area contributed by atoms with Crippen LogP contribution in [0.3, 0.4) is 0 Å². The number of hydrogen-bond acceptors (Lipinski definition) is 2. The highest BCUT2D eigenvalue weighted by molar-refractivity contribution is 5.96. The maximum absolute atomic E-state index is 11.0. The van der Waals surface area contributed by atoms with Crippen molar-refractivity contribution in [2.45, 2.75) is 19.4 Å². The minimum Gasteiger partial charge on any atom is -0.341 e. The lowest BCUT2D eigenvalue weighted by Gasteiger charge is -2.16. The summed E-state index contributed by atoms with van der Waals surface area (Å²) in [5.74, 6) is 0.0552. The van der Waals surface area contributed by atoms with Gasteiger partial charge in [0.15, 0.2) is 5.78 Å². The lowest BCUT2D eigenvalue weighted by Crippen LogP contribution is -2.39. The molecule has 0 bridgehead atoms. The summed E-state index contributed by atoms with van der Waals surface area (Å²) in [7, 11) is 1.57. The molecule has 4 heteroatoms. The molecule has 2 amide bonds. The number of carbonyl (C=O) groups excluding carboxylic acids is 2. The van der Waals surface area contributed by atoms with E-state index in [2.05, 4.69) is 10.6 Å². The predicted molar refractivity (Wildman–Crippen MR) is 53.9 cm³/mol. The van der Waals surface area contributed by atoms with Gasteiger partial charge in [0.2, 0.25) is 0 Å². The molecule has 1 aliphatic carbocycles. The van der Waals surface area contributed by atoms with Gasteiger partial charge in [-0.1, -0.05) is 18.2 Å². The van der Waals surface area contributed by atoms with E-state index in [1.165, 1.54) is 6.92 Å². The Morgan fingerprint density at radius 2 is 2.21 bits per heavy atom. The summed E-state index contributed by atoms with van der Waals surface area (Å²) in [4.78, 5) is 21.9. The Morgan fingerprint density at radius 1 is 1.50 bits per heavy atom. The molecule has 1 aliphatic rings. The van der Waals surface area contributed by atoms with Crippen LogP contribution >= 0.6 is 0 Å². The summed E-state index contributed by atoms with van der Waals surface area (Å²) in [6, 6.07) is -0.225. The second kappa shape index (κ2) is 4.60. The van der Waals surface area contributed by atoms with Crippen molar-refractivity contribution >= 4 is 11.8 Å². The van der Waals surface area contributed by atoms with Crippen molar-refractivity contribution in [3.05, 3.63) is 23.8 Å². The molecule has 0 saturated heterocycles. The molecule has 0 aromatic heterocycles. The third-order valence-corrected chi connectivity index (χ3v) is 2.05. The van der Waals surface area contributed by atoms with E-state index in [0.29, 0.717) is 12.0 Å². The second-order valence-corrected chi connectivity index (χ2v) is 3.14. The second-order valence-electron chi connectivity index (χ2n) is 3.14. The summed E-state index contributed by atoms with van der Waals surface area (Å²) < 4.78 is 0. The van der Waals surface area contributed by atoms with Crippen LogP contribution in [0, 0.1) is 0 Å². The third kappa shape index (κ3) is 2.73. The number of amides is 2. The molecule has 0 saturated carbocycles. The molecular weight excluding hydrogens is 180 g/mol. The van der Waals surface area contributed by atoms with Gasteiger partial charge in [0, 0.05) is 12.6 Å². The van der Waals surface area contributed by atoms with E-state index in [1.807, 2.05) is 12.2 Å². The average molecular weight is 194 g/mol. The van der Waals surface area contributed by atoms with Crippen molar-refractivity contribution in [1.82, 2.24) is 10.6 Å². The number of Topliss-reactive ketones (excluding diaryl/α,β-unsaturated/α-hetero) is 1. The maximum atomic E-state index is 11.0. The first-order valence-electron chi connectivity index (χ1n) is 4.51. The number of rotatable bonds is 2. The van der Waals surface area contributed by atoms with Gasteiger partial charge in [-0.25, -0.2) is 4.79 Å². The van der Waals surface area contributed by atoms with E-state index in [4.69, 9.17) is 0 Å². The van der Waals surface area contributed by atoms with E-state index in [0.717, 1.165) is 0 Å². The Morgan fingerprint density at radius 3 is 2.64 bits per heavy atom. The molecule has 4 nitrogen and oxygen atoms in total. The van der Waals surface area contributed by atoms with E-state index in [-0.39, 0.29) is 17.9 Å². The molecule has 0 fully saturated rings. The highest BCUT2D eigenvalue weighted by atomic mass is 16.2. The largest absolute Gasteiger partial charge is 0.341 e. The van der Waals surface area contributed by atoms with Crippen LogP contribution in [-0.4, -0.2) is 24.9 Å². The molecule has 76 valence electrons. The predicted octanol–water partition coefficient (Wildman–Crippen LogP) is 0.759. The first-order chi connectivity index (χ1) is 6.63. The summed E-state index contributed by atoms with van der Waals surface area (Å²) in [5, 5.41) is 5.21. The van der Waals surface area contributed by atoms with Crippen LogP contribution in [0.1, 0.15) is 13.3 Å². The van der Waals surface area contributed by atoms with Gasteiger partial charge in [0.25, 0.3) is 0 Å². The lowest BCUT2D eigenvalue weighted by atomic mass is 10.0. The van der Waals surface area contributed by atoms with Gasteiger partial charge >= 0.3 is 6.03 Å². The Kier molecular flexibility index (Phi) is 3.45. The summed E-state index contributed by atoms with van der Waals surface area (Å²) >= 11 is 0. The number of urea groups is 1. The Bertz CT molecular complexity index is 305. The molecule has 0 aliphatic heterocycles. The fourth-order valence-corrected chi connectivity index (χ4v) is 1.23. The van der Waals surface area contributed by atoms with Gasteiger partial charge < -0.3 is 10.6 Å². The fraction of sp³-hybridized carbons (Fsp3) is 0.400. The first-order valence-corrected chi connectivity index (χ1v) is 4.51.